The maximum atomic E-state index is 12.4. The number of carbonyl (C=O) groups excluding carboxylic acids is 1. The predicted molar refractivity (Wildman–Crippen MR) is 116 cm³/mol. The monoisotopic (exact) mass is 471 g/mol. The van der Waals surface area contributed by atoms with Crippen molar-refractivity contribution in [1.29, 1.82) is 0 Å². The molecule has 2 aromatic rings. The molecule has 12 heteroatoms. The number of carbonyl (C=O) groups is 1. The molecule has 0 atom stereocenters. The lowest BCUT2D eigenvalue weighted by molar-refractivity contribution is 0.0955. The minimum absolute atomic E-state index is 0.0156. The van der Waals surface area contributed by atoms with Gasteiger partial charge in [0.2, 0.25) is 0 Å². The molecule has 2 aliphatic rings. The summed E-state index contributed by atoms with van der Waals surface area (Å²) in [5, 5.41) is 7.13. The number of benzene rings is 1. The van der Waals surface area contributed by atoms with Crippen molar-refractivity contribution in [2.24, 2.45) is 4.40 Å². The van der Waals surface area contributed by atoms with Gasteiger partial charge in [0.25, 0.3) is 15.9 Å². The number of pyridine rings is 1. The molecular formula is C17H15Cl2N5O3S2. The molecule has 152 valence electrons. The van der Waals surface area contributed by atoms with E-state index >= 15 is 0 Å². The first-order valence-electron chi connectivity index (χ1n) is 8.57. The molecule has 0 fully saturated rings. The van der Waals surface area contributed by atoms with Crippen LogP contribution < -0.4 is 15.5 Å². The third-order valence-electron chi connectivity index (χ3n) is 4.25. The Balaban J connectivity index is 1.36. The average Bonchev–Trinajstić information content (AvgIpc) is 3.01. The molecule has 2 aliphatic heterocycles. The zero-order chi connectivity index (χ0) is 20.6. The van der Waals surface area contributed by atoms with Crippen molar-refractivity contribution in [3.8, 4) is 0 Å². The van der Waals surface area contributed by atoms with E-state index in [-0.39, 0.29) is 11.7 Å². The molecule has 1 aromatic carbocycles. The molecule has 0 radical (unpaired) electrons. The first-order valence-corrected chi connectivity index (χ1v) is 11.8. The summed E-state index contributed by atoms with van der Waals surface area (Å²) >= 11 is 13.1. The molecule has 4 rings (SSSR count). The van der Waals surface area contributed by atoms with E-state index in [2.05, 4.69) is 20.0 Å². The van der Waals surface area contributed by atoms with Crippen LogP contribution in [0.1, 0.15) is 10.4 Å². The maximum Gasteiger partial charge on any atom is 0.257 e. The number of sulfonamides is 1. The number of rotatable bonds is 5. The van der Waals surface area contributed by atoms with Crippen LogP contribution in [0.2, 0.25) is 10.0 Å². The predicted octanol–water partition coefficient (Wildman–Crippen LogP) is 2.84. The van der Waals surface area contributed by atoms with Gasteiger partial charge in [-0.25, -0.2) is 13.4 Å². The summed E-state index contributed by atoms with van der Waals surface area (Å²) in [7, 11) is -3.41. The number of nitrogens with zero attached hydrogens (tertiary/aromatic N) is 3. The number of nitrogens with one attached hydrogen (secondary N) is 2. The van der Waals surface area contributed by atoms with Crippen molar-refractivity contribution in [1.82, 2.24) is 10.3 Å². The van der Waals surface area contributed by atoms with Crippen molar-refractivity contribution in [2.45, 2.75) is 4.90 Å². The van der Waals surface area contributed by atoms with E-state index in [0.717, 1.165) is 10.6 Å². The number of aromatic nitrogens is 1. The van der Waals surface area contributed by atoms with Crippen molar-refractivity contribution >= 4 is 67.6 Å². The van der Waals surface area contributed by atoms with Gasteiger partial charge in [0.05, 0.1) is 21.5 Å². The number of halogens is 2. The van der Waals surface area contributed by atoms with Crippen LogP contribution >= 0.6 is 35.0 Å². The molecule has 1 aromatic heterocycles. The van der Waals surface area contributed by atoms with Crippen LogP contribution in [0.5, 0.6) is 0 Å². The second-order valence-electron chi connectivity index (χ2n) is 6.26. The van der Waals surface area contributed by atoms with E-state index in [1.807, 2.05) is 11.0 Å². The summed E-state index contributed by atoms with van der Waals surface area (Å²) in [4.78, 5) is 19.2. The second kappa shape index (κ2) is 8.02. The van der Waals surface area contributed by atoms with Gasteiger partial charge in [-0.15, -0.1) is 4.40 Å². The maximum absolute atomic E-state index is 12.4. The highest BCUT2D eigenvalue weighted by atomic mass is 35.5. The van der Waals surface area contributed by atoms with Gasteiger partial charge in [-0.1, -0.05) is 23.2 Å². The van der Waals surface area contributed by atoms with Crippen LogP contribution in [0.25, 0.3) is 0 Å². The Morgan fingerprint density at radius 1 is 1.24 bits per heavy atom. The average molecular weight is 472 g/mol. The second-order valence-corrected chi connectivity index (χ2v) is 9.87. The largest absolute Gasteiger partial charge is 0.367 e. The van der Waals surface area contributed by atoms with Crippen molar-refractivity contribution in [3.63, 3.8) is 0 Å². The first-order chi connectivity index (χ1) is 13.8. The normalized spacial score (nSPS) is 16.6. The Labute approximate surface area is 181 Å². The van der Waals surface area contributed by atoms with Gasteiger partial charge in [-0.3, -0.25) is 4.79 Å². The van der Waals surface area contributed by atoms with Gasteiger partial charge in [0.15, 0.2) is 5.17 Å². The molecule has 0 aliphatic carbocycles. The van der Waals surface area contributed by atoms with Crippen LogP contribution in [0.15, 0.2) is 39.8 Å². The van der Waals surface area contributed by atoms with Crippen LogP contribution in [-0.2, 0) is 10.0 Å². The summed E-state index contributed by atoms with van der Waals surface area (Å²) in [6, 6.07) is 6.86. The standard InChI is InChI=1S/C17H15Cl2N5O3S2/c18-11-8-12(19)15(22-9-11)20-3-4-21-16(25)10-1-2-13-14(7-10)28-17-23-29(26,27)6-5-24(13)17/h1-2,7-9H,3-6H2,(H,20,22)(H,21,25). The molecule has 1 amide bonds. The number of hydrogen-bond donors (Lipinski definition) is 2. The number of anilines is 2. The highest BCUT2D eigenvalue weighted by molar-refractivity contribution is 8.15. The minimum atomic E-state index is -3.41. The van der Waals surface area contributed by atoms with Crippen LogP contribution in [0.4, 0.5) is 11.5 Å². The van der Waals surface area contributed by atoms with Gasteiger partial charge < -0.3 is 15.5 Å². The van der Waals surface area contributed by atoms with Gasteiger partial charge >= 0.3 is 0 Å². The Hall–Kier alpha value is -2.01. The van der Waals surface area contributed by atoms with E-state index < -0.39 is 10.0 Å². The van der Waals surface area contributed by atoms with E-state index in [4.69, 9.17) is 23.2 Å². The fraction of sp³-hybridized carbons (Fsp3) is 0.235. The summed E-state index contributed by atoms with van der Waals surface area (Å²) in [5.41, 5.74) is 1.35. The quantitative estimate of drug-likeness (QED) is 0.645. The third kappa shape index (κ3) is 4.45. The Morgan fingerprint density at radius 2 is 2.07 bits per heavy atom. The van der Waals surface area contributed by atoms with E-state index in [1.165, 1.54) is 18.0 Å². The third-order valence-corrected chi connectivity index (χ3v) is 7.05. The number of amidine groups is 1. The van der Waals surface area contributed by atoms with Gasteiger partial charge in [0, 0.05) is 36.3 Å². The Morgan fingerprint density at radius 3 is 2.86 bits per heavy atom. The molecular weight excluding hydrogens is 457 g/mol. The number of hydrogen-bond acceptors (Lipinski definition) is 7. The minimum Gasteiger partial charge on any atom is -0.367 e. The number of fused-ring (bicyclic) bond motifs is 3. The highest BCUT2D eigenvalue weighted by Gasteiger charge is 2.33. The molecule has 0 saturated heterocycles. The van der Waals surface area contributed by atoms with Crippen molar-refractivity contribution in [2.75, 3.05) is 35.6 Å². The van der Waals surface area contributed by atoms with E-state index in [0.29, 0.717) is 46.2 Å². The molecule has 0 bridgehead atoms. The fourth-order valence-corrected chi connectivity index (χ4v) is 5.62. The van der Waals surface area contributed by atoms with Crippen LogP contribution in [0.3, 0.4) is 0 Å². The number of thioether (sulfide) groups is 1. The molecule has 2 N–H and O–H groups in total. The van der Waals surface area contributed by atoms with Crippen molar-refractivity contribution < 1.29 is 13.2 Å². The Kier molecular flexibility index (Phi) is 5.60. The van der Waals surface area contributed by atoms with Gasteiger partial charge in [-0.2, -0.15) is 0 Å². The van der Waals surface area contributed by atoms with E-state index in [1.54, 1.807) is 18.2 Å². The van der Waals surface area contributed by atoms with Crippen LogP contribution in [0, 0.1) is 0 Å². The molecule has 29 heavy (non-hydrogen) atoms. The smallest absolute Gasteiger partial charge is 0.257 e. The SMILES string of the molecule is O=C(NCCNc1ncc(Cl)cc1Cl)c1ccc2c(c1)SC1=NS(=O)(=O)CCN12. The Bertz CT molecular complexity index is 1120. The molecule has 3 heterocycles. The van der Waals surface area contributed by atoms with Gasteiger partial charge in [-0.05, 0) is 36.0 Å². The number of amides is 1. The summed E-state index contributed by atoms with van der Waals surface area (Å²) in [6.07, 6.45) is 1.49. The lowest BCUT2D eigenvalue weighted by atomic mass is 10.2. The summed E-state index contributed by atoms with van der Waals surface area (Å²) < 4.78 is 27.2. The van der Waals surface area contributed by atoms with Crippen molar-refractivity contribution in [3.05, 3.63) is 46.1 Å². The molecule has 0 unspecified atom stereocenters. The van der Waals surface area contributed by atoms with Crippen LogP contribution in [-0.4, -0.2) is 49.9 Å². The zero-order valence-electron chi connectivity index (χ0n) is 14.9. The lowest BCUT2D eigenvalue weighted by Gasteiger charge is -2.22. The zero-order valence-corrected chi connectivity index (χ0v) is 18.0. The van der Waals surface area contributed by atoms with E-state index in [9.17, 15) is 13.2 Å². The summed E-state index contributed by atoms with van der Waals surface area (Å²) in [6.45, 7) is 1.16. The summed E-state index contributed by atoms with van der Waals surface area (Å²) in [5.74, 6) is 0.245. The molecule has 8 nitrogen and oxygen atoms in total. The lowest BCUT2D eigenvalue weighted by Crippen LogP contribution is -2.35. The first kappa shape index (κ1) is 20.3. The fourth-order valence-electron chi connectivity index (χ4n) is 2.88. The topological polar surface area (TPSA) is 104 Å². The molecule has 0 spiro atoms. The van der Waals surface area contributed by atoms with Gasteiger partial charge in [0.1, 0.15) is 5.82 Å². The highest BCUT2D eigenvalue weighted by Crippen LogP contribution is 2.42. The molecule has 0 saturated carbocycles.